The number of carboxylic acids is 1. The fourth-order valence-electron chi connectivity index (χ4n) is 2.02. The van der Waals surface area contributed by atoms with Gasteiger partial charge in [-0.3, -0.25) is 4.79 Å². The van der Waals surface area contributed by atoms with E-state index >= 15 is 0 Å². The van der Waals surface area contributed by atoms with E-state index in [0.29, 0.717) is 21.7 Å². The smallest absolute Gasteiger partial charge is 0.336 e. The van der Waals surface area contributed by atoms with Gasteiger partial charge in [0.15, 0.2) is 0 Å². The minimum Gasteiger partial charge on any atom is -0.478 e. The summed E-state index contributed by atoms with van der Waals surface area (Å²) in [5.41, 5.74) is 1.77. The maximum Gasteiger partial charge on any atom is 0.336 e. The highest BCUT2D eigenvalue weighted by Gasteiger charge is 2.14. The predicted octanol–water partition coefficient (Wildman–Crippen LogP) is 3.41. The van der Waals surface area contributed by atoms with Gasteiger partial charge in [-0.1, -0.05) is 23.7 Å². The molecule has 0 aliphatic rings. The lowest BCUT2D eigenvalue weighted by atomic mass is 9.98. The van der Waals surface area contributed by atoms with Crippen molar-refractivity contribution in [1.82, 2.24) is 4.90 Å². The maximum absolute atomic E-state index is 12.0. The molecule has 0 unspecified atom stereocenters. The molecule has 0 atom stereocenters. The Morgan fingerprint density at radius 2 is 1.81 bits per heavy atom. The molecule has 2 rings (SSSR count). The molecule has 2 aromatic rings. The average Bonchev–Trinajstić information content (AvgIpc) is 2.46. The summed E-state index contributed by atoms with van der Waals surface area (Å²) in [6.45, 7) is 0. The van der Waals surface area contributed by atoms with Gasteiger partial charge in [0.05, 0.1) is 5.56 Å². The molecule has 5 heteroatoms. The van der Waals surface area contributed by atoms with Crippen LogP contribution in [0.4, 0.5) is 0 Å². The molecule has 0 radical (unpaired) electrons. The van der Waals surface area contributed by atoms with Gasteiger partial charge in [-0.15, -0.1) is 0 Å². The van der Waals surface area contributed by atoms with Crippen LogP contribution in [0.1, 0.15) is 20.7 Å². The van der Waals surface area contributed by atoms with Gasteiger partial charge in [-0.2, -0.15) is 0 Å². The number of hydrogen-bond donors (Lipinski definition) is 1. The van der Waals surface area contributed by atoms with Gasteiger partial charge in [0.25, 0.3) is 5.91 Å². The lowest BCUT2D eigenvalue weighted by Gasteiger charge is -2.12. The van der Waals surface area contributed by atoms with Crippen LogP contribution in [-0.2, 0) is 0 Å². The molecule has 1 amide bonds. The Labute approximate surface area is 127 Å². The van der Waals surface area contributed by atoms with Crippen LogP contribution in [0, 0.1) is 0 Å². The third kappa shape index (κ3) is 3.23. The molecule has 4 nitrogen and oxygen atoms in total. The Hall–Kier alpha value is -2.33. The second-order valence-corrected chi connectivity index (χ2v) is 5.21. The lowest BCUT2D eigenvalue weighted by molar-refractivity contribution is 0.0697. The molecule has 0 aliphatic heterocycles. The van der Waals surface area contributed by atoms with E-state index in [1.807, 2.05) is 0 Å². The third-order valence-electron chi connectivity index (χ3n) is 3.04. The Balaban J connectivity index is 2.57. The zero-order valence-corrected chi connectivity index (χ0v) is 12.4. The van der Waals surface area contributed by atoms with Gasteiger partial charge in [-0.25, -0.2) is 4.79 Å². The van der Waals surface area contributed by atoms with Crippen molar-refractivity contribution in [2.45, 2.75) is 0 Å². The number of carbonyl (C=O) groups excluding carboxylic acids is 1. The van der Waals surface area contributed by atoms with E-state index in [2.05, 4.69) is 0 Å². The minimum absolute atomic E-state index is 0.143. The first kappa shape index (κ1) is 15.1. The van der Waals surface area contributed by atoms with E-state index in [-0.39, 0.29) is 11.5 Å². The van der Waals surface area contributed by atoms with Crippen molar-refractivity contribution in [3.63, 3.8) is 0 Å². The fraction of sp³-hybridized carbons (Fsp3) is 0.125. The van der Waals surface area contributed by atoms with Crippen LogP contribution >= 0.6 is 11.6 Å². The molecule has 0 heterocycles. The molecule has 0 aromatic heterocycles. The second kappa shape index (κ2) is 5.97. The predicted molar refractivity (Wildman–Crippen MR) is 81.9 cm³/mol. The van der Waals surface area contributed by atoms with E-state index in [4.69, 9.17) is 11.6 Å². The van der Waals surface area contributed by atoms with Gasteiger partial charge in [0.1, 0.15) is 0 Å². The highest BCUT2D eigenvalue weighted by Crippen LogP contribution is 2.28. The van der Waals surface area contributed by atoms with Crippen LogP contribution in [0.25, 0.3) is 11.1 Å². The van der Waals surface area contributed by atoms with Crippen LogP contribution in [-0.4, -0.2) is 36.0 Å². The monoisotopic (exact) mass is 303 g/mol. The Morgan fingerprint density at radius 3 is 2.43 bits per heavy atom. The summed E-state index contributed by atoms with van der Waals surface area (Å²) in [5.74, 6) is -1.18. The number of hydrogen-bond acceptors (Lipinski definition) is 2. The van der Waals surface area contributed by atoms with E-state index in [0.717, 1.165) is 0 Å². The van der Waals surface area contributed by atoms with Crippen LogP contribution in [0.3, 0.4) is 0 Å². The molecule has 0 fully saturated rings. The van der Waals surface area contributed by atoms with E-state index < -0.39 is 5.97 Å². The van der Waals surface area contributed by atoms with Crippen molar-refractivity contribution < 1.29 is 14.7 Å². The molecular formula is C16H14ClNO3. The first-order valence-electron chi connectivity index (χ1n) is 6.25. The van der Waals surface area contributed by atoms with Crippen molar-refractivity contribution in [2.24, 2.45) is 0 Å². The number of carboxylic acid groups (broad SMARTS) is 1. The fourth-order valence-corrected chi connectivity index (χ4v) is 2.19. The molecule has 0 saturated carbocycles. The SMILES string of the molecule is CN(C)C(=O)c1cccc(-c2cc(Cl)ccc2C(=O)O)c1. The van der Waals surface area contributed by atoms with Gasteiger partial charge in [0.2, 0.25) is 0 Å². The molecule has 0 bridgehead atoms. The molecule has 0 spiro atoms. The lowest BCUT2D eigenvalue weighted by Crippen LogP contribution is -2.21. The first-order valence-corrected chi connectivity index (χ1v) is 6.63. The summed E-state index contributed by atoms with van der Waals surface area (Å²) in [5, 5.41) is 9.71. The van der Waals surface area contributed by atoms with Crippen molar-refractivity contribution in [3.05, 3.63) is 58.6 Å². The van der Waals surface area contributed by atoms with Crippen LogP contribution in [0.2, 0.25) is 5.02 Å². The standard InChI is InChI=1S/C16H14ClNO3/c1-18(2)15(19)11-5-3-4-10(8-11)14-9-12(17)6-7-13(14)16(20)21/h3-9H,1-2H3,(H,20,21). The topological polar surface area (TPSA) is 57.6 Å². The molecule has 21 heavy (non-hydrogen) atoms. The highest BCUT2D eigenvalue weighted by atomic mass is 35.5. The Bertz CT molecular complexity index is 710. The average molecular weight is 304 g/mol. The largest absolute Gasteiger partial charge is 0.478 e. The van der Waals surface area contributed by atoms with Crippen molar-refractivity contribution in [1.29, 1.82) is 0 Å². The van der Waals surface area contributed by atoms with Gasteiger partial charge in [0, 0.05) is 24.7 Å². The molecule has 2 aromatic carbocycles. The molecule has 0 aliphatic carbocycles. The van der Waals surface area contributed by atoms with E-state index in [1.165, 1.54) is 17.0 Å². The number of nitrogens with zero attached hydrogens (tertiary/aromatic N) is 1. The van der Waals surface area contributed by atoms with Crippen molar-refractivity contribution in [2.75, 3.05) is 14.1 Å². The van der Waals surface area contributed by atoms with Gasteiger partial charge >= 0.3 is 5.97 Å². The Kier molecular flexibility index (Phi) is 4.29. The summed E-state index contributed by atoms with van der Waals surface area (Å²) in [7, 11) is 3.33. The number of carbonyl (C=O) groups is 2. The highest BCUT2D eigenvalue weighted by molar-refractivity contribution is 6.31. The number of rotatable bonds is 3. The quantitative estimate of drug-likeness (QED) is 0.945. The number of halogens is 1. The second-order valence-electron chi connectivity index (χ2n) is 4.78. The summed E-state index contributed by atoms with van der Waals surface area (Å²) >= 11 is 5.96. The summed E-state index contributed by atoms with van der Waals surface area (Å²) in [6, 6.07) is 11.4. The number of aromatic carboxylic acids is 1. The normalized spacial score (nSPS) is 10.2. The Morgan fingerprint density at radius 1 is 1.10 bits per heavy atom. The minimum atomic E-state index is -1.04. The third-order valence-corrected chi connectivity index (χ3v) is 3.27. The summed E-state index contributed by atoms with van der Waals surface area (Å²) < 4.78 is 0. The zero-order valence-electron chi connectivity index (χ0n) is 11.6. The molecule has 0 saturated heterocycles. The van der Waals surface area contributed by atoms with Gasteiger partial charge in [-0.05, 0) is 41.5 Å². The molecular weight excluding hydrogens is 290 g/mol. The van der Waals surface area contributed by atoms with Crippen LogP contribution in [0.15, 0.2) is 42.5 Å². The number of benzene rings is 2. The van der Waals surface area contributed by atoms with E-state index in [1.54, 1.807) is 44.4 Å². The van der Waals surface area contributed by atoms with Crippen LogP contribution in [0.5, 0.6) is 0 Å². The summed E-state index contributed by atoms with van der Waals surface area (Å²) in [4.78, 5) is 24.8. The maximum atomic E-state index is 12.0. The summed E-state index contributed by atoms with van der Waals surface area (Å²) in [6.07, 6.45) is 0. The first-order chi connectivity index (χ1) is 9.90. The zero-order chi connectivity index (χ0) is 15.6. The van der Waals surface area contributed by atoms with E-state index in [9.17, 15) is 14.7 Å². The number of amides is 1. The van der Waals surface area contributed by atoms with Gasteiger partial charge < -0.3 is 10.0 Å². The van der Waals surface area contributed by atoms with Crippen molar-refractivity contribution >= 4 is 23.5 Å². The molecule has 108 valence electrons. The van der Waals surface area contributed by atoms with Crippen molar-refractivity contribution in [3.8, 4) is 11.1 Å². The van der Waals surface area contributed by atoms with Crippen LogP contribution < -0.4 is 0 Å². The molecule has 1 N–H and O–H groups in total.